The smallest absolute Gasteiger partial charge is 0.161 e. The van der Waals surface area contributed by atoms with Crippen LogP contribution >= 0.6 is 0 Å². The average Bonchev–Trinajstić information content (AvgIpc) is 3.23. The third-order valence-corrected chi connectivity index (χ3v) is 9.37. The fourth-order valence-electron chi connectivity index (χ4n) is 6.40. The summed E-state index contributed by atoms with van der Waals surface area (Å²) in [5.74, 6) is 0.104. The average molecular weight is 745 g/mol. The topological polar surface area (TPSA) is 96.1 Å². The molecule has 0 unspecified atom stereocenters. The molecule has 2 aromatic heterocycles. The molecular weight excluding hydrogens is 701 g/mol. The first kappa shape index (κ1) is 39.5. The molecule has 0 radical (unpaired) electrons. The number of hydrogen-bond acceptors (Lipinski definition) is 6. The Balaban J connectivity index is 0.000000159. The normalized spacial score (nSPS) is 10.4. The first-order valence-corrected chi connectivity index (χ1v) is 18.8. The SMILES string of the molecule is CC(=O)c1cc2ccc(C)cc2nc1C.CC(=O)c1cc2ccc(N=C(c3ccccc3)c3ccccc3)cc2nc1C.N=C(c1ccccc1)c1ccccc1. The lowest BCUT2D eigenvalue weighted by molar-refractivity contribution is 0.100. The molecule has 0 aliphatic carbocycles. The summed E-state index contributed by atoms with van der Waals surface area (Å²) in [6, 6.07) is 55.7. The van der Waals surface area contributed by atoms with Crippen molar-refractivity contribution < 1.29 is 9.59 Å². The van der Waals surface area contributed by atoms with E-state index < -0.39 is 0 Å². The zero-order valence-electron chi connectivity index (χ0n) is 32.8. The maximum absolute atomic E-state index is 11.8. The molecule has 8 rings (SSSR count). The van der Waals surface area contributed by atoms with Gasteiger partial charge in [0.25, 0.3) is 0 Å². The first-order valence-electron chi connectivity index (χ1n) is 18.8. The van der Waals surface area contributed by atoms with E-state index in [1.807, 2.05) is 166 Å². The Kier molecular flexibility index (Phi) is 12.8. The highest BCUT2D eigenvalue weighted by molar-refractivity contribution is 6.14. The summed E-state index contributed by atoms with van der Waals surface area (Å²) in [5.41, 5.74) is 12.3. The number of aryl methyl sites for hydroxylation is 3. The van der Waals surface area contributed by atoms with E-state index in [2.05, 4.69) is 34.2 Å². The molecule has 6 heteroatoms. The fourth-order valence-corrected chi connectivity index (χ4v) is 6.40. The van der Waals surface area contributed by atoms with Crippen LogP contribution in [-0.4, -0.2) is 33.0 Å². The van der Waals surface area contributed by atoms with E-state index in [1.165, 1.54) is 5.56 Å². The molecule has 0 atom stereocenters. The number of rotatable bonds is 7. The van der Waals surface area contributed by atoms with Gasteiger partial charge in [0.15, 0.2) is 11.6 Å². The molecule has 0 saturated heterocycles. The van der Waals surface area contributed by atoms with Crippen LogP contribution in [0.25, 0.3) is 21.8 Å². The van der Waals surface area contributed by atoms with Crippen LogP contribution in [0.1, 0.15) is 73.8 Å². The summed E-state index contributed by atoms with van der Waals surface area (Å²) in [7, 11) is 0. The van der Waals surface area contributed by atoms with Crippen molar-refractivity contribution in [2.75, 3.05) is 0 Å². The highest BCUT2D eigenvalue weighted by Crippen LogP contribution is 2.25. The molecule has 280 valence electrons. The third kappa shape index (κ3) is 10.1. The standard InChI is InChI=1S/C25H20N2O.C13H13NO.C13H11N/c1-17-23(18(2)28)15-21-13-14-22(16-24(21)26-17)27-25(19-9-5-3-6-10-19)20-11-7-4-8-12-20;1-8-4-5-11-7-12(10(3)15)9(2)14-13(11)6-8;14-13(11-7-3-1-4-8-11)12-9-5-2-6-10-12/h3-16H,1-2H3;4-7H,1-3H3;1-10,14H. The highest BCUT2D eigenvalue weighted by Gasteiger charge is 2.11. The monoisotopic (exact) mass is 744 g/mol. The zero-order valence-corrected chi connectivity index (χ0v) is 32.8. The Hall–Kier alpha value is -7.18. The lowest BCUT2D eigenvalue weighted by Gasteiger charge is -2.09. The summed E-state index contributed by atoms with van der Waals surface area (Å²) in [6.07, 6.45) is 0. The summed E-state index contributed by atoms with van der Waals surface area (Å²) in [6.45, 7) is 8.92. The Bertz CT molecular complexity index is 2630. The van der Waals surface area contributed by atoms with E-state index >= 15 is 0 Å². The van der Waals surface area contributed by atoms with Crippen LogP contribution in [0.4, 0.5) is 5.69 Å². The number of carbonyl (C=O) groups excluding carboxylic acids is 2. The second kappa shape index (κ2) is 18.4. The minimum absolute atomic E-state index is 0.0319. The van der Waals surface area contributed by atoms with Gasteiger partial charge in [0.2, 0.25) is 0 Å². The van der Waals surface area contributed by atoms with E-state index in [9.17, 15) is 9.59 Å². The second-order valence-corrected chi connectivity index (χ2v) is 13.7. The van der Waals surface area contributed by atoms with Crippen molar-refractivity contribution in [2.45, 2.75) is 34.6 Å². The van der Waals surface area contributed by atoms with Gasteiger partial charge in [-0.05, 0) is 81.6 Å². The predicted molar refractivity (Wildman–Crippen MR) is 235 cm³/mol. The number of carbonyl (C=O) groups is 2. The number of aliphatic imine (C=N–C) groups is 1. The van der Waals surface area contributed by atoms with Crippen molar-refractivity contribution in [3.8, 4) is 0 Å². The van der Waals surface area contributed by atoms with Gasteiger partial charge < -0.3 is 0 Å². The molecule has 0 saturated carbocycles. The number of hydrogen-bond donors (Lipinski definition) is 1. The van der Waals surface area contributed by atoms with Gasteiger partial charge in [-0.3, -0.25) is 25.0 Å². The molecule has 0 fully saturated rings. The van der Waals surface area contributed by atoms with E-state index in [-0.39, 0.29) is 11.6 Å². The van der Waals surface area contributed by atoms with Crippen LogP contribution in [0.15, 0.2) is 175 Å². The van der Waals surface area contributed by atoms with Crippen LogP contribution in [0.2, 0.25) is 0 Å². The van der Waals surface area contributed by atoms with Gasteiger partial charge >= 0.3 is 0 Å². The summed E-state index contributed by atoms with van der Waals surface area (Å²) in [5, 5.41) is 9.94. The van der Waals surface area contributed by atoms with Gasteiger partial charge in [0.05, 0.1) is 28.1 Å². The number of Topliss-reactive ketones (excluding diaryl/α,β-unsaturated/α-hetero) is 2. The third-order valence-electron chi connectivity index (χ3n) is 9.37. The summed E-state index contributed by atoms with van der Waals surface area (Å²) >= 11 is 0. The molecule has 0 aliphatic heterocycles. The summed E-state index contributed by atoms with van der Waals surface area (Å²) in [4.78, 5) is 37.1. The van der Waals surface area contributed by atoms with Gasteiger partial charge in [-0.15, -0.1) is 0 Å². The molecular formula is C51H44N4O2. The molecule has 6 nitrogen and oxygen atoms in total. The van der Waals surface area contributed by atoms with Gasteiger partial charge in [-0.25, -0.2) is 4.99 Å². The Morgan fingerprint density at radius 3 is 1.28 bits per heavy atom. The van der Waals surface area contributed by atoms with E-state index in [0.717, 1.165) is 66.8 Å². The number of aromatic nitrogens is 2. The van der Waals surface area contributed by atoms with E-state index in [4.69, 9.17) is 10.4 Å². The number of fused-ring (bicyclic) bond motifs is 2. The Morgan fingerprint density at radius 1 is 0.474 bits per heavy atom. The predicted octanol–water partition coefficient (Wildman–Crippen LogP) is 12.1. The van der Waals surface area contributed by atoms with Gasteiger partial charge in [-0.2, -0.15) is 0 Å². The maximum Gasteiger partial charge on any atom is 0.161 e. The first-order chi connectivity index (χ1) is 27.6. The Labute approximate surface area is 334 Å². The molecule has 8 aromatic rings. The van der Waals surface area contributed by atoms with Gasteiger partial charge in [-0.1, -0.05) is 140 Å². The minimum atomic E-state index is 0.0319. The van der Waals surface area contributed by atoms with Crippen LogP contribution < -0.4 is 0 Å². The maximum atomic E-state index is 11.8. The van der Waals surface area contributed by atoms with Crippen LogP contribution in [0.5, 0.6) is 0 Å². The minimum Gasteiger partial charge on any atom is -0.300 e. The number of benzene rings is 6. The number of nitrogens with one attached hydrogen (secondary N) is 1. The van der Waals surface area contributed by atoms with Crippen LogP contribution in [0, 0.1) is 26.2 Å². The van der Waals surface area contributed by atoms with Crippen LogP contribution in [-0.2, 0) is 0 Å². The Morgan fingerprint density at radius 2 is 0.860 bits per heavy atom. The number of nitrogens with zero attached hydrogens (tertiary/aromatic N) is 3. The lowest BCUT2D eigenvalue weighted by atomic mass is 10.0. The highest BCUT2D eigenvalue weighted by atomic mass is 16.1. The van der Waals surface area contributed by atoms with Crippen molar-refractivity contribution in [3.05, 3.63) is 220 Å². The lowest BCUT2D eigenvalue weighted by Crippen LogP contribution is -2.02. The van der Waals surface area contributed by atoms with Crippen molar-refractivity contribution in [3.63, 3.8) is 0 Å². The molecule has 6 aromatic carbocycles. The number of ketones is 2. The number of pyridine rings is 2. The molecule has 0 aliphatic rings. The molecule has 0 spiro atoms. The zero-order chi connectivity index (χ0) is 40.3. The molecule has 0 amide bonds. The van der Waals surface area contributed by atoms with Gasteiger partial charge in [0.1, 0.15) is 0 Å². The quantitative estimate of drug-likeness (QED) is 0.130. The molecule has 57 heavy (non-hydrogen) atoms. The van der Waals surface area contributed by atoms with Crippen molar-refractivity contribution in [1.29, 1.82) is 5.41 Å². The molecule has 1 N–H and O–H groups in total. The molecule has 0 bridgehead atoms. The van der Waals surface area contributed by atoms with E-state index in [0.29, 0.717) is 16.8 Å². The summed E-state index contributed by atoms with van der Waals surface area (Å²) < 4.78 is 0. The van der Waals surface area contributed by atoms with Crippen LogP contribution in [0.3, 0.4) is 0 Å². The fraction of sp³-hybridized carbons (Fsp3) is 0.0980. The van der Waals surface area contributed by atoms with Crippen molar-refractivity contribution >= 4 is 50.5 Å². The van der Waals surface area contributed by atoms with Gasteiger partial charge in [0, 0.05) is 44.4 Å². The van der Waals surface area contributed by atoms with Crippen molar-refractivity contribution in [2.24, 2.45) is 4.99 Å². The van der Waals surface area contributed by atoms with E-state index in [1.54, 1.807) is 13.8 Å². The second-order valence-electron chi connectivity index (χ2n) is 13.7. The molecule has 2 heterocycles. The largest absolute Gasteiger partial charge is 0.300 e. The van der Waals surface area contributed by atoms with Crippen molar-refractivity contribution in [1.82, 2.24) is 9.97 Å².